The molecule has 0 aliphatic carbocycles. The summed E-state index contributed by atoms with van der Waals surface area (Å²) in [6.07, 6.45) is 4.54. The number of alkyl halides is 2. The fourth-order valence-corrected chi connectivity index (χ4v) is 1.41. The van der Waals surface area contributed by atoms with Crippen LogP contribution in [0.4, 0.5) is 0 Å². The lowest BCUT2D eigenvalue weighted by Crippen LogP contribution is -2.16. The highest BCUT2D eigenvalue weighted by Crippen LogP contribution is 2.16. The van der Waals surface area contributed by atoms with E-state index in [1.54, 1.807) is 18.4 Å². The number of halogens is 2. The first-order valence-electron chi connectivity index (χ1n) is 5.60. The Kier molecular flexibility index (Phi) is 5.20. The number of nitrogens with zero attached hydrogens (tertiary/aromatic N) is 2. The third-order valence-electron chi connectivity index (χ3n) is 2.14. The molecule has 0 aromatic carbocycles. The van der Waals surface area contributed by atoms with Crippen LogP contribution in [0.5, 0.6) is 5.75 Å². The fourth-order valence-electron chi connectivity index (χ4n) is 1.29. The number of carbonyl (C=O) groups excluding carboxylic acids is 1. The lowest BCUT2D eigenvalue weighted by atomic mass is 10.4. The minimum absolute atomic E-state index is 0.0364. The highest BCUT2D eigenvalue weighted by Gasteiger charge is 2.12. The number of ether oxygens (including phenoxy) is 2. The average molecular weight is 317 g/mol. The predicted octanol–water partition coefficient (Wildman–Crippen LogP) is 2.46. The summed E-state index contributed by atoms with van der Waals surface area (Å²) in [5.41, 5.74) is 0. The van der Waals surface area contributed by atoms with Crippen LogP contribution in [0.1, 0.15) is 0 Å². The van der Waals surface area contributed by atoms with Gasteiger partial charge in [0.2, 0.25) is 4.84 Å². The first-order chi connectivity index (χ1) is 9.66. The zero-order valence-electron chi connectivity index (χ0n) is 10.2. The summed E-state index contributed by atoms with van der Waals surface area (Å²) in [5, 5.41) is 0. The molecule has 0 radical (unpaired) electrons. The topological polar surface area (TPSA) is 74.5 Å². The van der Waals surface area contributed by atoms with E-state index < -0.39 is 10.8 Å². The molecule has 0 unspecified atom stereocenters. The van der Waals surface area contributed by atoms with Gasteiger partial charge in [-0.1, -0.05) is 23.2 Å². The molecule has 2 aromatic heterocycles. The SMILES string of the molecule is O=C(OCCOc1cnc(-c2ccco2)nc1)C(Cl)Cl. The van der Waals surface area contributed by atoms with Gasteiger partial charge in [0.1, 0.15) is 13.2 Å². The van der Waals surface area contributed by atoms with E-state index >= 15 is 0 Å². The van der Waals surface area contributed by atoms with Crippen molar-refractivity contribution in [1.29, 1.82) is 0 Å². The molecule has 20 heavy (non-hydrogen) atoms. The van der Waals surface area contributed by atoms with Crippen LogP contribution in [-0.4, -0.2) is 34.0 Å². The predicted molar refractivity (Wildman–Crippen MR) is 71.7 cm³/mol. The van der Waals surface area contributed by atoms with Gasteiger partial charge in [0.05, 0.1) is 18.7 Å². The van der Waals surface area contributed by atoms with Gasteiger partial charge in [-0.15, -0.1) is 0 Å². The normalized spacial score (nSPS) is 10.6. The Balaban J connectivity index is 1.78. The molecule has 0 spiro atoms. The molecule has 0 amide bonds. The molecule has 0 fully saturated rings. The lowest BCUT2D eigenvalue weighted by molar-refractivity contribution is -0.142. The van der Waals surface area contributed by atoms with Crippen LogP contribution < -0.4 is 4.74 Å². The van der Waals surface area contributed by atoms with Crippen molar-refractivity contribution >= 4 is 29.2 Å². The molecule has 0 saturated heterocycles. The average Bonchev–Trinajstić information content (AvgIpc) is 2.98. The van der Waals surface area contributed by atoms with Gasteiger partial charge in [-0.05, 0) is 12.1 Å². The van der Waals surface area contributed by atoms with Crippen molar-refractivity contribution in [3.05, 3.63) is 30.8 Å². The summed E-state index contributed by atoms with van der Waals surface area (Å²) in [5.74, 6) is 0.771. The van der Waals surface area contributed by atoms with Gasteiger partial charge in [0, 0.05) is 0 Å². The Morgan fingerprint density at radius 2 is 2.05 bits per heavy atom. The maximum atomic E-state index is 11.0. The molecule has 0 atom stereocenters. The van der Waals surface area contributed by atoms with E-state index in [0.29, 0.717) is 17.3 Å². The number of esters is 1. The number of furan rings is 1. The summed E-state index contributed by atoms with van der Waals surface area (Å²) >= 11 is 10.6. The Morgan fingerprint density at radius 1 is 1.30 bits per heavy atom. The molecular formula is C12H10Cl2N2O4. The summed E-state index contributed by atoms with van der Waals surface area (Å²) in [6.45, 7) is 0.185. The number of aromatic nitrogens is 2. The Hall–Kier alpha value is -1.79. The highest BCUT2D eigenvalue weighted by atomic mass is 35.5. The van der Waals surface area contributed by atoms with Crippen LogP contribution in [0.25, 0.3) is 11.6 Å². The second-order valence-corrected chi connectivity index (χ2v) is 4.63. The van der Waals surface area contributed by atoms with Crippen molar-refractivity contribution in [2.75, 3.05) is 13.2 Å². The fraction of sp³-hybridized carbons (Fsp3) is 0.250. The zero-order chi connectivity index (χ0) is 14.4. The minimum Gasteiger partial charge on any atom is -0.487 e. The minimum atomic E-state index is -1.19. The summed E-state index contributed by atoms with van der Waals surface area (Å²) < 4.78 is 15.2. The molecule has 0 aliphatic heterocycles. The largest absolute Gasteiger partial charge is 0.487 e. The highest BCUT2D eigenvalue weighted by molar-refractivity contribution is 6.52. The molecule has 106 valence electrons. The number of rotatable bonds is 6. The van der Waals surface area contributed by atoms with Crippen molar-refractivity contribution in [2.24, 2.45) is 0 Å². The maximum absolute atomic E-state index is 11.0. The van der Waals surface area contributed by atoms with Gasteiger partial charge < -0.3 is 13.9 Å². The molecular weight excluding hydrogens is 307 g/mol. The van der Waals surface area contributed by atoms with Crippen LogP contribution in [0, 0.1) is 0 Å². The summed E-state index contributed by atoms with van der Waals surface area (Å²) in [6, 6.07) is 3.50. The number of hydrogen-bond acceptors (Lipinski definition) is 6. The Bertz CT molecular complexity index is 543. The van der Waals surface area contributed by atoms with Crippen LogP contribution in [0.3, 0.4) is 0 Å². The Labute approximate surface area is 124 Å². The monoisotopic (exact) mass is 316 g/mol. The first kappa shape index (κ1) is 14.6. The third kappa shape index (κ3) is 4.11. The van der Waals surface area contributed by atoms with Gasteiger partial charge in [-0.25, -0.2) is 14.8 Å². The van der Waals surface area contributed by atoms with E-state index in [-0.39, 0.29) is 13.2 Å². The number of hydrogen-bond donors (Lipinski definition) is 0. The smallest absolute Gasteiger partial charge is 0.339 e. The maximum Gasteiger partial charge on any atom is 0.339 e. The first-order valence-corrected chi connectivity index (χ1v) is 6.47. The van der Waals surface area contributed by atoms with Gasteiger partial charge in [-0.2, -0.15) is 0 Å². The molecule has 0 aliphatic rings. The summed E-state index contributed by atoms with van der Waals surface area (Å²) in [4.78, 5) is 17.9. The van der Waals surface area contributed by atoms with Crippen molar-refractivity contribution in [3.8, 4) is 17.3 Å². The van der Waals surface area contributed by atoms with E-state index in [2.05, 4.69) is 9.97 Å². The molecule has 0 bridgehead atoms. The molecule has 2 heterocycles. The zero-order valence-corrected chi connectivity index (χ0v) is 11.7. The quantitative estimate of drug-likeness (QED) is 0.463. The van der Waals surface area contributed by atoms with Crippen molar-refractivity contribution in [1.82, 2.24) is 9.97 Å². The van der Waals surface area contributed by atoms with E-state index in [0.717, 1.165) is 0 Å². The molecule has 0 N–H and O–H groups in total. The molecule has 8 heteroatoms. The summed E-state index contributed by atoms with van der Waals surface area (Å²) in [7, 11) is 0. The number of carbonyl (C=O) groups is 1. The van der Waals surface area contributed by atoms with Crippen molar-refractivity contribution < 1.29 is 18.7 Å². The van der Waals surface area contributed by atoms with E-state index in [9.17, 15) is 4.79 Å². The van der Waals surface area contributed by atoms with Crippen molar-refractivity contribution in [2.45, 2.75) is 4.84 Å². The molecule has 0 saturated carbocycles. The standard InChI is InChI=1S/C12H10Cl2N2O4/c13-10(14)12(17)20-5-4-18-8-6-15-11(16-7-8)9-2-1-3-19-9/h1-3,6-7,10H,4-5H2. The molecule has 6 nitrogen and oxygen atoms in total. The third-order valence-corrected chi connectivity index (χ3v) is 2.50. The van der Waals surface area contributed by atoms with Gasteiger partial charge in [-0.3, -0.25) is 0 Å². The van der Waals surface area contributed by atoms with Crippen LogP contribution in [0.15, 0.2) is 35.2 Å². The van der Waals surface area contributed by atoms with Crippen molar-refractivity contribution in [3.63, 3.8) is 0 Å². The Morgan fingerprint density at radius 3 is 2.65 bits per heavy atom. The molecule has 2 rings (SSSR count). The van der Waals surface area contributed by atoms with E-state index in [1.165, 1.54) is 12.4 Å². The van der Waals surface area contributed by atoms with E-state index in [4.69, 9.17) is 37.1 Å². The van der Waals surface area contributed by atoms with E-state index in [1.807, 2.05) is 0 Å². The van der Waals surface area contributed by atoms with Crippen LogP contribution >= 0.6 is 23.2 Å². The second kappa shape index (κ2) is 7.12. The van der Waals surface area contributed by atoms with Gasteiger partial charge in [0.15, 0.2) is 17.3 Å². The van der Waals surface area contributed by atoms with Gasteiger partial charge in [0.25, 0.3) is 0 Å². The second-order valence-electron chi connectivity index (χ2n) is 3.54. The van der Waals surface area contributed by atoms with Crippen LogP contribution in [-0.2, 0) is 9.53 Å². The van der Waals surface area contributed by atoms with Crippen LogP contribution in [0.2, 0.25) is 0 Å². The lowest BCUT2D eigenvalue weighted by Gasteiger charge is -2.07. The molecule has 2 aromatic rings. The van der Waals surface area contributed by atoms with Gasteiger partial charge >= 0.3 is 5.97 Å².